The molecular formula is C15H23N3. The molecule has 1 aromatic rings. The van der Waals surface area contributed by atoms with Gasteiger partial charge in [-0.05, 0) is 38.0 Å². The maximum Gasteiger partial charge on any atom is 0.121 e. The normalized spacial score (nSPS) is 16.7. The van der Waals surface area contributed by atoms with Crippen molar-refractivity contribution in [1.82, 2.24) is 4.90 Å². The van der Waals surface area contributed by atoms with Gasteiger partial charge in [0, 0.05) is 26.3 Å². The Kier molecular flexibility index (Phi) is 3.60. The summed E-state index contributed by atoms with van der Waals surface area (Å²) in [7, 11) is 4.28. The lowest BCUT2D eigenvalue weighted by molar-refractivity contribution is 0.535. The number of nitrogens with zero attached hydrogens (tertiary/aromatic N) is 3. The predicted octanol–water partition coefficient (Wildman–Crippen LogP) is 2.47. The van der Waals surface area contributed by atoms with Crippen molar-refractivity contribution in [3.05, 3.63) is 29.3 Å². The lowest BCUT2D eigenvalue weighted by Gasteiger charge is -2.31. The number of aliphatic imine (C=N–C) groups is 1. The molecule has 0 spiro atoms. The van der Waals surface area contributed by atoms with Crippen LogP contribution in [0.25, 0.3) is 0 Å². The van der Waals surface area contributed by atoms with Gasteiger partial charge in [0.05, 0.1) is 12.6 Å². The highest BCUT2D eigenvalue weighted by Crippen LogP contribution is 2.24. The van der Waals surface area contributed by atoms with E-state index in [1.807, 2.05) is 0 Å². The number of anilines is 1. The van der Waals surface area contributed by atoms with Crippen molar-refractivity contribution in [1.29, 1.82) is 0 Å². The molecule has 1 heterocycles. The molecule has 1 aliphatic rings. The first kappa shape index (κ1) is 12.9. The Morgan fingerprint density at radius 1 is 1.33 bits per heavy atom. The second kappa shape index (κ2) is 5.01. The van der Waals surface area contributed by atoms with E-state index in [0.29, 0.717) is 6.04 Å². The summed E-state index contributed by atoms with van der Waals surface area (Å²) in [6.07, 6.45) is 0. The molecule has 98 valence electrons. The lowest BCUT2D eigenvalue weighted by atomic mass is 10.1. The fourth-order valence-corrected chi connectivity index (χ4v) is 2.50. The number of amidine groups is 1. The van der Waals surface area contributed by atoms with Crippen LogP contribution >= 0.6 is 0 Å². The Morgan fingerprint density at radius 3 is 2.67 bits per heavy atom. The average molecular weight is 245 g/mol. The summed E-state index contributed by atoms with van der Waals surface area (Å²) in [5.41, 5.74) is 3.99. The van der Waals surface area contributed by atoms with Crippen molar-refractivity contribution in [2.75, 3.05) is 32.1 Å². The van der Waals surface area contributed by atoms with Crippen LogP contribution in [0.2, 0.25) is 0 Å². The molecule has 1 atom stereocenters. The van der Waals surface area contributed by atoms with E-state index in [9.17, 15) is 0 Å². The molecule has 18 heavy (non-hydrogen) atoms. The van der Waals surface area contributed by atoms with Crippen molar-refractivity contribution in [3.8, 4) is 0 Å². The standard InChI is InChI=1S/C15H23N3/c1-11-7-6-8-14(12(11)2)18(5)13(3)15-16-9-10-17(15)4/h6-8,13H,9-10H2,1-5H3. The summed E-state index contributed by atoms with van der Waals surface area (Å²) in [5, 5.41) is 0. The first-order chi connectivity index (χ1) is 8.52. The molecule has 1 unspecified atom stereocenters. The van der Waals surface area contributed by atoms with Crippen molar-refractivity contribution in [2.45, 2.75) is 26.8 Å². The third-order valence-corrected chi connectivity index (χ3v) is 4.01. The maximum absolute atomic E-state index is 4.62. The SMILES string of the molecule is Cc1cccc(N(C)C(C)C2=NCCN2C)c1C. The van der Waals surface area contributed by atoms with E-state index in [0.717, 1.165) is 13.1 Å². The number of hydrogen-bond acceptors (Lipinski definition) is 3. The molecule has 0 N–H and O–H groups in total. The molecule has 3 heteroatoms. The third kappa shape index (κ3) is 2.22. The van der Waals surface area contributed by atoms with Crippen molar-refractivity contribution >= 4 is 11.5 Å². The molecular weight excluding hydrogens is 222 g/mol. The quantitative estimate of drug-likeness (QED) is 0.814. The van der Waals surface area contributed by atoms with Gasteiger partial charge in [0.25, 0.3) is 0 Å². The largest absolute Gasteiger partial charge is 0.364 e. The van der Waals surface area contributed by atoms with E-state index < -0.39 is 0 Å². The number of rotatable bonds is 3. The van der Waals surface area contributed by atoms with Crippen LogP contribution in [0.1, 0.15) is 18.1 Å². The zero-order chi connectivity index (χ0) is 13.3. The van der Waals surface area contributed by atoms with Crippen LogP contribution in [-0.2, 0) is 0 Å². The molecule has 0 fully saturated rings. The van der Waals surface area contributed by atoms with Crippen LogP contribution in [0, 0.1) is 13.8 Å². The predicted molar refractivity (Wildman–Crippen MR) is 78.7 cm³/mol. The van der Waals surface area contributed by atoms with E-state index in [1.165, 1.54) is 22.6 Å². The summed E-state index contributed by atoms with van der Waals surface area (Å²) >= 11 is 0. The highest BCUT2D eigenvalue weighted by molar-refractivity contribution is 5.91. The lowest BCUT2D eigenvalue weighted by Crippen LogP contribution is -2.42. The smallest absolute Gasteiger partial charge is 0.121 e. The van der Waals surface area contributed by atoms with E-state index in [2.05, 4.69) is 67.9 Å². The second-order valence-corrected chi connectivity index (χ2v) is 5.17. The zero-order valence-electron chi connectivity index (χ0n) is 12.1. The fraction of sp³-hybridized carbons (Fsp3) is 0.533. The van der Waals surface area contributed by atoms with Gasteiger partial charge in [-0.1, -0.05) is 12.1 Å². The molecule has 0 radical (unpaired) electrons. The highest BCUT2D eigenvalue weighted by atomic mass is 15.3. The van der Waals surface area contributed by atoms with E-state index in [-0.39, 0.29) is 0 Å². The summed E-state index contributed by atoms with van der Waals surface area (Å²) in [4.78, 5) is 9.19. The van der Waals surface area contributed by atoms with Crippen molar-refractivity contribution in [2.24, 2.45) is 4.99 Å². The molecule has 3 nitrogen and oxygen atoms in total. The summed E-state index contributed by atoms with van der Waals surface area (Å²) in [6, 6.07) is 6.80. The second-order valence-electron chi connectivity index (χ2n) is 5.17. The summed E-state index contributed by atoms with van der Waals surface area (Å²) in [6.45, 7) is 8.55. The third-order valence-electron chi connectivity index (χ3n) is 4.01. The van der Waals surface area contributed by atoms with Gasteiger partial charge in [0.1, 0.15) is 5.84 Å². The van der Waals surface area contributed by atoms with Crippen LogP contribution in [0.4, 0.5) is 5.69 Å². The molecule has 0 amide bonds. The van der Waals surface area contributed by atoms with Gasteiger partial charge >= 0.3 is 0 Å². The minimum atomic E-state index is 0.318. The topological polar surface area (TPSA) is 18.8 Å². The van der Waals surface area contributed by atoms with Gasteiger partial charge in [0.15, 0.2) is 0 Å². The molecule has 0 bridgehead atoms. The Morgan fingerprint density at radius 2 is 2.06 bits per heavy atom. The molecule has 1 aliphatic heterocycles. The molecule has 2 rings (SSSR count). The van der Waals surface area contributed by atoms with Crippen molar-refractivity contribution < 1.29 is 0 Å². The molecule has 1 aromatic carbocycles. The maximum atomic E-state index is 4.62. The Balaban J connectivity index is 2.25. The fourth-order valence-electron chi connectivity index (χ4n) is 2.50. The Labute approximate surface area is 110 Å². The van der Waals surface area contributed by atoms with Crippen LogP contribution in [0.3, 0.4) is 0 Å². The van der Waals surface area contributed by atoms with Crippen LogP contribution in [0.15, 0.2) is 23.2 Å². The number of benzene rings is 1. The van der Waals surface area contributed by atoms with Gasteiger partial charge < -0.3 is 9.80 Å². The molecule has 0 saturated heterocycles. The van der Waals surface area contributed by atoms with Crippen LogP contribution in [0.5, 0.6) is 0 Å². The van der Waals surface area contributed by atoms with Gasteiger partial charge in [-0.25, -0.2) is 0 Å². The Bertz CT molecular complexity index is 465. The monoisotopic (exact) mass is 245 g/mol. The first-order valence-electron chi connectivity index (χ1n) is 6.57. The average Bonchev–Trinajstić information content (AvgIpc) is 2.77. The summed E-state index contributed by atoms with van der Waals surface area (Å²) in [5.74, 6) is 1.19. The Hall–Kier alpha value is -1.51. The van der Waals surface area contributed by atoms with Gasteiger partial charge in [0.2, 0.25) is 0 Å². The molecule has 0 aromatic heterocycles. The van der Waals surface area contributed by atoms with Gasteiger partial charge in [-0.2, -0.15) is 0 Å². The van der Waals surface area contributed by atoms with Crippen molar-refractivity contribution in [3.63, 3.8) is 0 Å². The van der Waals surface area contributed by atoms with E-state index in [1.54, 1.807) is 0 Å². The highest BCUT2D eigenvalue weighted by Gasteiger charge is 2.23. The minimum Gasteiger partial charge on any atom is -0.364 e. The first-order valence-corrected chi connectivity index (χ1v) is 6.57. The number of aryl methyl sites for hydroxylation is 1. The molecule has 0 saturated carbocycles. The zero-order valence-corrected chi connectivity index (χ0v) is 12.1. The van der Waals surface area contributed by atoms with Gasteiger partial charge in [-0.15, -0.1) is 0 Å². The van der Waals surface area contributed by atoms with E-state index in [4.69, 9.17) is 0 Å². The van der Waals surface area contributed by atoms with Crippen LogP contribution < -0.4 is 4.90 Å². The number of likely N-dealkylation sites (N-methyl/N-ethyl adjacent to an activating group) is 2. The number of hydrogen-bond donors (Lipinski definition) is 0. The van der Waals surface area contributed by atoms with Gasteiger partial charge in [-0.3, -0.25) is 4.99 Å². The van der Waals surface area contributed by atoms with Crippen LogP contribution in [-0.4, -0.2) is 44.0 Å². The summed E-state index contributed by atoms with van der Waals surface area (Å²) < 4.78 is 0. The minimum absolute atomic E-state index is 0.318. The molecule has 0 aliphatic carbocycles. The van der Waals surface area contributed by atoms with E-state index >= 15 is 0 Å².